The third kappa shape index (κ3) is 2.57. The predicted octanol–water partition coefficient (Wildman–Crippen LogP) is 2.45. The van der Waals surface area contributed by atoms with Crippen molar-refractivity contribution in [3.63, 3.8) is 0 Å². The van der Waals surface area contributed by atoms with Gasteiger partial charge < -0.3 is 10.6 Å². The molecule has 3 unspecified atom stereocenters. The van der Waals surface area contributed by atoms with Gasteiger partial charge in [-0.15, -0.1) is 0 Å². The number of likely N-dealkylation sites (tertiary alicyclic amines) is 1. The van der Waals surface area contributed by atoms with Crippen LogP contribution in [0, 0.1) is 22.0 Å². The third-order valence-corrected chi connectivity index (χ3v) is 5.16. The second kappa shape index (κ2) is 5.85. The molecule has 1 amide bonds. The molecule has 1 saturated carbocycles. The third-order valence-electron chi connectivity index (χ3n) is 4.84. The van der Waals surface area contributed by atoms with Crippen LogP contribution < -0.4 is 5.73 Å². The minimum absolute atomic E-state index is 0.0126. The molecule has 22 heavy (non-hydrogen) atoms. The fourth-order valence-electron chi connectivity index (χ4n) is 3.72. The van der Waals surface area contributed by atoms with Gasteiger partial charge in [0.15, 0.2) is 0 Å². The summed E-state index contributed by atoms with van der Waals surface area (Å²) in [6.45, 7) is 1.17. The maximum atomic E-state index is 12.7. The average molecular weight is 324 g/mol. The molecule has 1 saturated heterocycles. The first-order valence-electron chi connectivity index (χ1n) is 7.46. The molecule has 0 spiro atoms. The molecule has 6 nitrogen and oxygen atoms in total. The predicted molar refractivity (Wildman–Crippen MR) is 82.8 cm³/mol. The smallest absolute Gasteiger partial charge is 0.283 e. The second-order valence-corrected chi connectivity index (χ2v) is 6.53. The van der Waals surface area contributed by atoms with Crippen molar-refractivity contribution < 1.29 is 9.72 Å². The largest absolute Gasteiger partial charge is 0.338 e. The Morgan fingerprint density at radius 1 is 1.36 bits per heavy atom. The van der Waals surface area contributed by atoms with E-state index in [1.54, 1.807) is 4.90 Å². The summed E-state index contributed by atoms with van der Waals surface area (Å²) in [6.07, 6.45) is 3.12. The van der Waals surface area contributed by atoms with Crippen LogP contribution in [0.4, 0.5) is 5.69 Å². The molecule has 3 atom stereocenters. The number of hydrogen-bond donors (Lipinski definition) is 1. The zero-order chi connectivity index (χ0) is 15.9. The van der Waals surface area contributed by atoms with Gasteiger partial charge in [-0.25, -0.2) is 0 Å². The molecule has 1 aliphatic heterocycles. The number of carbonyl (C=O) groups is 1. The van der Waals surface area contributed by atoms with Gasteiger partial charge in [0, 0.05) is 25.2 Å². The van der Waals surface area contributed by atoms with Crippen molar-refractivity contribution >= 4 is 23.2 Å². The molecule has 1 aliphatic carbocycles. The molecule has 3 rings (SSSR count). The van der Waals surface area contributed by atoms with E-state index in [2.05, 4.69) is 0 Å². The van der Waals surface area contributed by atoms with Crippen LogP contribution >= 0.6 is 11.6 Å². The summed E-state index contributed by atoms with van der Waals surface area (Å²) < 4.78 is 0. The Bertz CT molecular complexity index is 622. The molecule has 2 N–H and O–H groups in total. The number of carbonyl (C=O) groups excluding carboxylic acids is 1. The van der Waals surface area contributed by atoms with E-state index in [0.29, 0.717) is 24.9 Å². The van der Waals surface area contributed by atoms with E-state index in [4.69, 9.17) is 17.3 Å². The minimum Gasteiger partial charge on any atom is -0.338 e. The first-order valence-corrected chi connectivity index (χ1v) is 7.84. The molecule has 0 radical (unpaired) electrons. The van der Waals surface area contributed by atoms with Crippen LogP contribution in [0.1, 0.15) is 29.6 Å². The molecular formula is C15H18ClN3O3. The summed E-state index contributed by atoms with van der Waals surface area (Å²) in [7, 11) is 0. The highest BCUT2D eigenvalue weighted by molar-refractivity contribution is 6.34. The average Bonchev–Trinajstić information content (AvgIpc) is 2.92. The molecule has 2 aliphatic rings. The zero-order valence-electron chi connectivity index (χ0n) is 12.1. The standard InChI is InChI=1S/C15H18ClN3O3/c16-11-4-2-6-13(19(21)22)14(11)15(20)18-7-9-3-1-5-12(17)10(9)8-18/h2,4,6,9-10,12H,1,3,5,7-8,17H2. The van der Waals surface area contributed by atoms with Crippen molar-refractivity contribution in [2.24, 2.45) is 17.6 Å². The maximum Gasteiger partial charge on any atom is 0.283 e. The van der Waals surface area contributed by atoms with Crippen LogP contribution in [0.2, 0.25) is 5.02 Å². The van der Waals surface area contributed by atoms with E-state index in [1.807, 2.05) is 0 Å². The lowest BCUT2D eigenvalue weighted by Gasteiger charge is -2.29. The Labute approximate surface area is 133 Å². The SMILES string of the molecule is NC1CCCC2CN(C(=O)c3c(Cl)cccc3[N+](=O)[O-])CC12. The van der Waals surface area contributed by atoms with Crippen molar-refractivity contribution in [3.8, 4) is 0 Å². The highest BCUT2D eigenvalue weighted by Gasteiger charge is 2.41. The van der Waals surface area contributed by atoms with Crippen molar-refractivity contribution in [1.82, 2.24) is 4.90 Å². The summed E-state index contributed by atoms with van der Waals surface area (Å²) in [4.78, 5) is 25.0. The van der Waals surface area contributed by atoms with E-state index < -0.39 is 4.92 Å². The van der Waals surface area contributed by atoms with Crippen molar-refractivity contribution in [2.45, 2.75) is 25.3 Å². The first kappa shape index (κ1) is 15.2. The number of fused-ring (bicyclic) bond motifs is 1. The van der Waals surface area contributed by atoms with Crippen LogP contribution in [0.25, 0.3) is 0 Å². The monoisotopic (exact) mass is 323 g/mol. The Hall–Kier alpha value is -1.66. The van der Waals surface area contributed by atoms with Gasteiger partial charge in [0.1, 0.15) is 5.56 Å². The van der Waals surface area contributed by atoms with Crippen molar-refractivity contribution in [3.05, 3.63) is 38.9 Å². The highest BCUT2D eigenvalue weighted by Crippen LogP contribution is 2.37. The number of nitrogens with two attached hydrogens (primary N) is 1. The van der Waals surface area contributed by atoms with E-state index in [9.17, 15) is 14.9 Å². The van der Waals surface area contributed by atoms with Gasteiger partial charge in [0.2, 0.25) is 0 Å². The molecule has 2 fully saturated rings. The minimum atomic E-state index is -0.562. The number of halogens is 1. The zero-order valence-corrected chi connectivity index (χ0v) is 12.8. The Kier molecular flexibility index (Phi) is 4.06. The fourth-order valence-corrected chi connectivity index (χ4v) is 3.97. The number of benzene rings is 1. The Morgan fingerprint density at radius 2 is 2.14 bits per heavy atom. The quantitative estimate of drug-likeness (QED) is 0.668. The van der Waals surface area contributed by atoms with E-state index in [-0.39, 0.29) is 28.2 Å². The summed E-state index contributed by atoms with van der Waals surface area (Å²) in [5.41, 5.74) is 5.90. The van der Waals surface area contributed by atoms with Gasteiger partial charge in [-0.2, -0.15) is 0 Å². The fraction of sp³-hybridized carbons (Fsp3) is 0.533. The molecule has 0 bridgehead atoms. The van der Waals surface area contributed by atoms with Gasteiger partial charge in [-0.1, -0.05) is 24.1 Å². The number of hydrogen-bond acceptors (Lipinski definition) is 4. The lowest BCUT2D eigenvalue weighted by Crippen LogP contribution is -2.38. The molecule has 118 valence electrons. The summed E-state index contributed by atoms with van der Waals surface area (Å²) in [5.74, 6) is 0.326. The summed E-state index contributed by atoms with van der Waals surface area (Å²) in [5, 5.41) is 11.3. The van der Waals surface area contributed by atoms with E-state index in [1.165, 1.54) is 18.2 Å². The number of nitrogens with zero attached hydrogens (tertiary/aromatic N) is 2. The number of nitro groups is 1. The molecule has 1 heterocycles. The Balaban J connectivity index is 1.88. The highest BCUT2D eigenvalue weighted by atomic mass is 35.5. The van der Waals surface area contributed by atoms with Gasteiger partial charge in [-0.3, -0.25) is 14.9 Å². The molecule has 1 aromatic rings. The molecular weight excluding hydrogens is 306 g/mol. The van der Waals surface area contributed by atoms with Crippen molar-refractivity contribution in [2.75, 3.05) is 13.1 Å². The van der Waals surface area contributed by atoms with Crippen LogP contribution in [0.15, 0.2) is 18.2 Å². The molecule has 7 heteroatoms. The number of rotatable bonds is 2. The topological polar surface area (TPSA) is 89.5 Å². The van der Waals surface area contributed by atoms with Gasteiger partial charge in [0.25, 0.3) is 11.6 Å². The van der Waals surface area contributed by atoms with E-state index in [0.717, 1.165) is 19.3 Å². The number of nitro benzene ring substituents is 1. The molecule has 0 aromatic heterocycles. The van der Waals surface area contributed by atoms with Crippen LogP contribution in [-0.2, 0) is 0 Å². The van der Waals surface area contributed by atoms with Crippen molar-refractivity contribution in [1.29, 1.82) is 0 Å². The summed E-state index contributed by atoms with van der Waals surface area (Å²) >= 11 is 6.05. The number of amides is 1. The van der Waals surface area contributed by atoms with Gasteiger partial charge >= 0.3 is 0 Å². The van der Waals surface area contributed by atoms with Crippen LogP contribution in [0.5, 0.6) is 0 Å². The van der Waals surface area contributed by atoms with Gasteiger partial charge in [-0.05, 0) is 30.7 Å². The van der Waals surface area contributed by atoms with Gasteiger partial charge in [0.05, 0.1) is 9.95 Å². The maximum absolute atomic E-state index is 12.7. The lowest BCUT2D eigenvalue weighted by atomic mass is 9.78. The van der Waals surface area contributed by atoms with Crippen LogP contribution in [-0.4, -0.2) is 34.9 Å². The van der Waals surface area contributed by atoms with E-state index >= 15 is 0 Å². The summed E-state index contributed by atoms with van der Waals surface area (Å²) in [6, 6.07) is 4.42. The Morgan fingerprint density at radius 3 is 2.82 bits per heavy atom. The van der Waals surface area contributed by atoms with Crippen LogP contribution in [0.3, 0.4) is 0 Å². The second-order valence-electron chi connectivity index (χ2n) is 6.12. The first-order chi connectivity index (χ1) is 10.5. The normalized spacial score (nSPS) is 27.5. The lowest BCUT2D eigenvalue weighted by molar-refractivity contribution is -0.385. The molecule has 1 aromatic carbocycles.